The zero-order chi connectivity index (χ0) is 22.8. The maximum absolute atomic E-state index is 13.0. The summed E-state index contributed by atoms with van der Waals surface area (Å²) in [5.41, 5.74) is 2.43. The molecule has 164 valence electrons. The molecule has 7 heteroatoms. The first-order valence-corrected chi connectivity index (χ1v) is 10.1. The predicted octanol–water partition coefficient (Wildman–Crippen LogP) is 3.95. The van der Waals surface area contributed by atoms with Gasteiger partial charge < -0.3 is 20.1 Å². The van der Waals surface area contributed by atoms with Crippen molar-refractivity contribution in [1.82, 2.24) is 5.32 Å². The van der Waals surface area contributed by atoms with Gasteiger partial charge in [-0.25, -0.2) is 9.59 Å². The van der Waals surface area contributed by atoms with Gasteiger partial charge in [0.2, 0.25) is 5.91 Å². The second kappa shape index (κ2) is 11.3. The van der Waals surface area contributed by atoms with E-state index >= 15 is 0 Å². The van der Waals surface area contributed by atoms with Gasteiger partial charge in [-0.1, -0.05) is 66.7 Å². The fraction of sp³-hybridized carbons (Fsp3) is 0.160. The van der Waals surface area contributed by atoms with E-state index in [4.69, 9.17) is 9.47 Å². The Morgan fingerprint density at radius 3 is 2.16 bits per heavy atom. The Morgan fingerprint density at radius 1 is 0.844 bits per heavy atom. The van der Waals surface area contributed by atoms with Gasteiger partial charge in [0, 0.05) is 12.1 Å². The molecule has 0 aromatic heterocycles. The highest BCUT2D eigenvalue weighted by atomic mass is 16.5. The van der Waals surface area contributed by atoms with E-state index in [1.165, 1.54) is 13.2 Å². The number of methoxy groups -OCH3 is 1. The normalized spacial score (nSPS) is 11.2. The average molecular weight is 432 g/mol. The molecular weight excluding hydrogens is 408 g/mol. The van der Waals surface area contributed by atoms with Crippen molar-refractivity contribution in [3.8, 4) is 0 Å². The van der Waals surface area contributed by atoms with Crippen molar-refractivity contribution in [3.05, 3.63) is 102 Å². The van der Waals surface area contributed by atoms with Gasteiger partial charge in [-0.15, -0.1) is 0 Å². The van der Waals surface area contributed by atoms with Crippen LogP contribution in [-0.4, -0.2) is 31.1 Å². The Labute approximate surface area is 186 Å². The molecular formula is C25H24N2O5. The minimum Gasteiger partial charge on any atom is -0.465 e. The molecule has 2 amide bonds. The summed E-state index contributed by atoms with van der Waals surface area (Å²) in [7, 11) is 1.29. The van der Waals surface area contributed by atoms with Crippen LogP contribution in [0.1, 0.15) is 21.5 Å². The molecule has 0 spiro atoms. The van der Waals surface area contributed by atoms with Crippen LogP contribution in [0.25, 0.3) is 0 Å². The van der Waals surface area contributed by atoms with E-state index in [-0.39, 0.29) is 13.0 Å². The highest BCUT2D eigenvalue weighted by Gasteiger charge is 2.22. The lowest BCUT2D eigenvalue weighted by molar-refractivity contribution is -0.118. The molecule has 0 heterocycles. The molecule has 2 N–H and O–H groups in total. The molecule has 32 heavy (non-hydrogen) atoms. The zero-order valence-corrected chi connectivity index (χ0v) is 17.6. The van der Waals surface area contributed by atoms with Crippen molar-refractivity contribution >= 4 is 23.7 Å². The van der Waals surface area contributed by atoms with Gasteiger partial charge in [0.15, 0.2) is 0 Å². The molecule has 0 unspecified atom stereocenters. The minimum absolute atomic E-state index is 0.0908. The maximum atomic E-state index is 13.0. The summed E-state index contributed by atoms with van der Waals surface area (Å²) in [5, 5.41) is 5.38. The second-order valence-corrected chi connectivity index (χ2v) is 7.01. The molecule has 3 rings (SSSR count). The number of alkyl carbamates (subject to hydrolysis) is 1. The summed E-state index contributed by atoms with van der Waals surface area (Å²) in [6.07, 6.45) is -0.433. The Hall–Kier alpha value is -4.13. The number of rotatable bonds is 8. The van der Waals surface area contributed by atoms with Crippen LogP contribution in [0, 0.1) is 0 Å². The lowest BCUT2D eigenvalue weighted by atomic mass is 10.1. The highest BCUT2D eigenvalue weighted by molar-refractivity contribution is 5.98. The summed E-state index contributed by atoms with van der Waals surface area (Å²) >= 11 is 0. The third-order valence-corrected chi connectivity index (χ3v) is 4.66. The number of benzene rings is 3. The largest absolute Gasteiger partial charge is 0.465 e. The van der Waals surface area contributed by atoms with Crippen LogP contribution in [0.2, 0.25) is 0 Å². The maximum Gasteiger partial charge on any atom is 0.408 e. The predicted molar refractivity (Wildman–Crippen MR) is 120 cm³/mol. The van der Waals surface area contributed by atoms with Gasteiger partial charge in [-0.2, -0.15) is 0 Å². The van der Waals surface area contributed by atoms with Gasteiger partial charge >= 0.3 is 12.1 Å². The first kappa shape index (κ1) is 22.6. The fourth-order valence-corrected chi connectivity index (χ4v) is 3.04. The minimum atomic E-state index is -0.887. The number of hydrogen-bond donors (Lipinski definition) is 2. The van der Waals surface area contributed by atoms with Crippen molar-refractivity contribution in [2.45, 2.75) is 19.1 Å². The van der Waals surface area contributed by atoms with Crippen LogP contribution in [0.3, 0.4) is 0 Å². The first-order valence-electron chi connectivity index (χ1n) is 10.1. The number of hydrogen-bond acceptors (Lipinski definition) is 5. The van der Waals surface area contributed by atoms with E-state index in [1.54, 1.807) is 18.2 Å². The zero-order valence-electron chi connectivity index (χ0n) is 17.6. The summed E-state index contributed by atoms with van der Waals surface area (Å²) in [4.78, 5) is 37.1. The van der Waals surface area contributed by atoms with Gasteiger partial charge in [-0.05, 0) is 29.3 Å². The van der Waals surface area contributed by atoms with E-state index in [9.17, 15) is 14.4 Å². The van der Waals surface area contributed by atoms with Crippen molar-refractivity contribution in [1.29, 1.82) is 0 Å². The van der Waals surface area contributed by atoms with Crippen LogP contribution >= 0.6 is 0 Å². The van der Waals surface area contributed by atoms with E-state index in [0.717, 1.165) is 11.1 Å². The van der Waals surface area contributed by atoms with Crippen molar-refractivity contribution in [2.24, 2.45) is 0 Å². The molecule has 0 saturated heterocycles. The van der Waals surface area contributed by atoms with Crippen molar-refractivity contribution in [2.75, 3.05) is 12.4 Å². The Bertz CT molecular complexity index is 1050. The smallest absolute Gasteiger partial charge is 0.408 e. The van der Waals surface area contributed by atoms with Crippen LogP contribution in [0.15, 0.2) is 84.9 Å². The third kappa shape index (κ3) is 6.70. The van der Waals surface area contributed by atoms with Crippen LogP contribution < -0.4 is 10.6 Å². The first-order chi connectivity index (χ1) is 15.5. The Kier molecular flexibility index (Phi) is 7.97. The van der Waals surface area contributed by atoms with Crippen LogP contribution in [-0.2, 0) is 27.3 Å². The summed E-state index contributed by atoms with van der Waals surface area (Å²) in [6, 6.07) is 24.1. The molecule has 0 fully saturated rings. The standard InChI is InChI=1S/C25H24N2O5/c1-31-24(29)20-13-8-14-21(16-20)26-23(28)22(15-18-9-4-2-5-10-18)27-25(30)32-17-19-11-6-3-7-12-19/h2-14,16,22H,15,17H2,1H3,(H,26,28)(H,27,30)/t22-/m0/s1. The SMILES string of the molecule is COC(=O)c1cccc(NC(=O)[C@H](Cc2ccccc2)NC(=O)OCc2ccccc2)c1. The molecule has 3 aromatic rings. The quantitative estimate of drug-likeness (QED) is 0.526. The molecule has 0 saturated carbocycles. The monoisotopic (exact) mass is 432 g/mol. The fourth-order valence-electron chi connectivity index (χ4n) is 3.04. The summed E-state index contributed by atoms with van der Waals surface area (Å²) in [5.74, 6) is -0.947. The van der Waals surface area contributed by atoms with Gasteiger partial charge in [0.25, 0.3) is 0 Å². The molecule has 3 aromatic carbocycles. The number of esters is 1. The van der Waals surface area contributed by atoms with Gasteiger partial charge in [-0.3, -0.25) is 4.79 Å². The number of amides is 2. The lowest BCUT2D eigenvalue weighted by Gasteiger charge is -2.19. The van der Waals surface area contributed by atoms with Gasteiger partial charge in [0.05, 0.1) is 12.7 Å². The number of anilines is 1. The Morgan fingerprint density at radius 2 is 1.50 bits per heavy atom. The second-order valence-electron chi connectivity index (χ2n) is 7.01. The number of carbonyl (C=O) groups is 3. The summed E-state index contributed by atoms with van der Waals surface area (Å²) < 4.78 is 9.98. The number of nitrogens with one attached hydrogen (secondary N) is 2. The number of carbonyl (C=O) groups excluding carboxylic acids is 3. The van der Waals surface area contributed by atoms with E-state index in [0.29, 0.717) is 11.3 Å². The molecule has 0 radical (unpaired) electrons. The lowest BCUT2D eigenvalue weighted by Crippen LogP contribution is -2.45. The highest BCUT2D eigenvalue weighted by Crippen LogP contribution is 2.13. The van der Waals surface area contributed by atoms with E-state index in [1.807, 2.05) is 60.7 Å². The molecule has 0 aliphatic rings. The summed E-state index contributed by atoms with van der Waals surface area (Å²) in [6.45, 7) is 0.0908. The molecule has 0 bridgehead atoms. The van der Waals surface area contributed by atoms with Crippen LogP contribution in [0.5, 0.6) is 0 Å². The molecule has 0 aliphatic heterocycles. The molecule has 7 nitrogen and oxygen atoms in total. The Balaban J connectivity index is 1.69. The van der Waals surface area contributed by atoms with E-state index in [2.05, 4.69) is 10.6 Å². The number of ether oxygens (including phenoxy) is 2. The van der Waals surface area contributed by atoms with Crippen LogP contribution in [0.4, 0.5) is 10.5 Å². The van der Waals surface area contributed by atoms with E-state index < -0.39 is 24.0 Å². The molecule has 1 atom stereocenters. The van der Waals surface area contributed by atoms with Crippen molar-refractivity contribution < 1.29 is 23.9 Å². The average Bonchev–Trinajstić information content (AvgIpc) is 2.83. The van der Waals surface area contributed by atoms with Gasteiger partial charge in [0.1, 0.15) is 12.6 Å². The third-order valence-electron chi connectivity index (χ3n) is 4.66. The molecule has 0 aliphatic carbocycles. The van der Waals surface area contributed by atoms with Crippen molar-refractivity contribution in [3.63, 3.8) is 0 Å². The topological polar surface area (TPSA) is 93.7 Å².